The lowest BCUT2D eigenvalue weighted by Gasteiger charge is -2.04. The number of benzene rings is 2. The second kappa shape index (κ2) is 6.49. The number of hydrogen-bond acceptors (Lipinski definition) is 0. The van der Waals surface area contributed by atoms with Crippen LogP contribution in [-0.4, -0.2) is 8.07 Å². The molecule has 0 unspecified atom stereocenters. The van der Waals surface area contributed by atoms with Crippen molar-refractivity contribution in [2.24, 2.45) is 0 Å². The number of aryl methyl sites for hydroxylation is 2. The molecule has 0 heterocycles. The van der Waals surface area contributed by atoms with Crippen molar-refractivity contribution in [3.63, 3.8) is 0 Å². The maximum Gasteiger partial charge on any atom is 0.211 e. The summed E-state index contributed by atoms with van der Waals surface area (Å²) in [4.78, 5) is 0. The monoisotopic (exact) mass is 288 g/mol. The molecule has 1 heteroatoms. The van der Waals surface area contributed by atoms with Gasteiger partial charge in [-0.15, -0.1) is 11.1 Å². The van der Waals surface area contributed by atoms with Crippen LogP contribution >= 0.6 is 0 Å². The summed E-state index contributed by atoms with van der Waals surface area (Å²) in [7, 11) is -1.82. The Morgan fingerprint density at radius 3 is 1.29 bits per heavy atom. The van der Waals surface area contributed by atoms with Crippen LogP contribution in [0.2, 0.25) is 13.1 Å². The van der Waals surface area contributed by atoms with Gasteiger partial charge in [-0.1, -0.05) is 47.2 Å². The third-order valence-electron chi connectivity index (χ3n) is 3.14. The molecule has 0 aromatic heterocycles. The van der Waals surface area contributed by atoms with Crippen LogP contribution in [0.4, 0.5) is 0 Å². The van der Waals surface area contributed by atoms with E-state index >= 15 is 0 Å². The summed E-state index contributed by atoms with van der Waals surface area (Å²) in [6, 6.07) is 16.7. The van der Waals surface area contributed by atoms with E-state index in [9.17, 15) is 0 Å². The summed E-state index contributed by atoms with van der Waals surface area (Å²) in [5.74, 6) is 6.53. The van der Waals surface area contributed by atoms with Crippen LogP contribution in [0, 0.1) is 36.8 Å². The lowest BCUT2D eigenvalue weighted by molar-refractivity contribution is 1.46. The molecule has 104 valence electrons. The van der Waals surface area contributed by atoms with Crippen molar-refractivity contribution in [1.29, 1.82) is 0 Å². The van der Waals surface area contributed by atoms with E-state index in [1.54, 1.807) is 0 Å². The fourth-order valence-corrected chi connectivity index (χ4v) is 2.74. The second-order valence-electron chi connectivity index (χ2n) is 5.86. The van der Waals surface area contributed by atoms with Crippen LogP contribution in [-0.2, 0) is 0 Å². The van der Waals surface area contributed by atoms with E-state index in [1.807, 2.05) is 0 Å². The smallest absolute Gasteiger partial charge is 0.111 e. The van der Waals surface area contributed by atoms with Gasteiger partial charge in [-0.3, -0.25) is 0 Å². The van der Waals surface area contributed by atoms with E-state index < -0.39 is 8.07 Å². The van der Waals surface area contributed by atoms with E-state index in [4.69, 9.17) is 0 Å². The highest BCUT2D eigenvalue weighted by atomic mass is 28.3. The molecule has 0 aliphatic heterocycles. The molecule has 0 saturated heterocycles. The minimum absolute atomic E-state index is 1.07. The molecule has 0 saturated carbocycles. The number of hydrogen-bond donors (Lipinski definition) is 0. The van der Waals surface area contributed by atoms with Crippen LogP contribution in [0.25, 0.3) is 0 Å². The van der Waals surface area contributed by atoms with Crippen LogP contribution in [0.15, 0.2) is 48.5 Å². The van der Waals surface area contributed by atoms with Crippen molar-refractivity contribution in [3.8, 4) is 22.9 Å². The van der Waals surface area contributed by atoms with Gasteiger partial charge < -0.3 is 0 Å². The molecule has 2 aromatic carbocycles. The van der Waals surface area contributed by atoms with Gasteiger partial charge in [0.1, 0.15) is 0 Å². The molecule has 0 fully saturated rings. The van der Waals surface area contributed by atoms with Crippen molar-refractivity contribution < 1.29 is 0 Å². The Balaban J connectivity index is 2.16. The molecule has 0 spiro atoms. The van der Waals surface area contributed by atoms with Gasteiger partial charge in [0.25, 0.3) is 0 Å². The first kappa shape index (κ1) is 15.2. The summed E-state index contributed by atoms with van der Waals surface area (Å²) in [6.45, 7) is 8.55. The van der Waals surface area contributed by atoms with Crippen molar-refractivity contribution in [2.45, 2.75) is 26.9 Å². The number of rotatable bonds is 0. The molecule has 0 atom stereocenters. The Morgan fingerprint density at radius 2 is 0.952 bits per heavy atom. The molecule has 0 N–H and O–H groups in total. The van der Waals surface area contributed by atoms with E-state index in [1.165, 1.54) is 11.1 Å². The first-order valence-corrected chi connectivity index (χ1v) is 10.1. The van der Waals surface area contributed by atoms with Crippen molar-refractivity contribution in [3.05, 3.63) is 70.8 Å². The largest absolute Gasteiger partial charge is 0.211 e. The molecular formula is C20H20Si. The maximum atomic E-state index is 3.39. The minimum Gasteiger partial charge on any atom is -0.111 e. The molecular weight excluding hydrogens is 268 g/mol. The highest BCUT2D eigenvalue weighted by Gasteiger charge is 2.13. The zero-order valence-corrected chi connectivity index (χ0v) is 14.1. The molecule has 21 heavy (non-hydrogen) atoms. The van der Waals surface area contributed by atoms with Gasteiger partial charge in [-0.2, -0.15) is 0 Å². The summed E-state index contributed by atoms with van der Waals surface area (Å²) < 4.78 is 0. The predicted octanol–water partition coefficient (Wildman–Crippen LogP) is 4.49. The molecule has 0 aliphatic rings. The van der Waals surface area contributed by atoms with Gasteiger partial charge >= 0.3 is 0 Å². The van der Waals surface area contributed by atoms with Crippen LogP contribution in [0.1, 0.15) is 22.3 Å². The minimum atomic E-state index is -1.82. The van der Waals surface area contributed by atoms with Crippen LogP contribution < -0.4 is 0 Å². The Labute approximate surface area is 129 Å². The third-order valence-corrected chi connectivity index (χ3v) is 4.64. The maximum absolute atomic E-state index is 3.39. The third kappa shape index (κ3) is 4.99. The Morgan fingerprint density at radius 1 is 0.619 bits per heavy atom. The summed E-state index contributed by atoms with van der Waals surface area (Å²) in [5, 5.41) is 0. The van der Waals surface area contributed by atoms with Crippen molar-refractivity contribution in [2.75, 3.05) is 0 Å². The molecule has 0 nitrogen and oxygen atoms in total. The zero-order valence-electron chi connectivity index (χ0n) is 13.1. The van der Waals surface area contributed by atoms with Gasteiger partial charge in [0, 0.05) is 11.1 Å². The van der Waals surface area contributed by atoms with E-state index in [2.05, 4.69) is 98.4 Å². The average molecular weight is 288 g/mol. The fraction of sp³-hybridized carbons (Fsp3) is 0.200. The van der Waals surface area contributed by atoms with E-state index in [0.717, 1.165) is 11.1 Å². The highest BCUT2D eigenvalue weighted by Crippen LogP contribution is 2.05. The molecule has 0 aliphatic carbocycles. The predicted molar refractivity (Wildman–Crippen MR) is 93.6 cm³/mol. The van der Waals surface area contributed by atoms with E-state index in [0.29, 0.717) is 0 Å². The molecule has 0 amide bonds. The standard InChI is InChI=1S/C20H20Si/c1-17-5-9-19(10-6-17)13-15-21(3,4)16-14-20-11-7-18(2)8-12-20/h5-12H,1-4H3. The molecule has 0 bridgehead atoms. The SMILES string of the molecule is Cc1ccc(C#C[Si](C)(C)C#Cc2ccc(C)cc2)cc1. The fourth-order valence-electron chi connectivity index (χ4n) is 1.76. The molecule has 2 aromatic rings. The quantitative estimate of drug-likeness (QED) is 0.495. The van der Waals surface area contributed by atoms with Gasteiger partial charge in [0.05, 0.1) is 0 Å². The lowest BCUT2D eigenvalue weighted by atomic mass is 10.2. The summed E-state index contributed by atoms with van der Waals surface area (Å²) in [5.41, 5.74) is 11.4. The first-order valence-electron chi connectivity index (χ1n) is 7.14. The molecule has 0 radical (unpaired) electrons. The van der Waals surface area contributed by atoms with Gasteiger partial charge in [0.2, 0.25) is 8.07 Å². The summed E-state index contributed by atoms with van der Waals surface area (Å²) >= 11 is 0. The first-order chi connectivity index (χ1) is 9.94. The molecule has 2 rings (SSSR count). The normalized spacial score (nSPS) is 10.1. The second-order valence-corrected chi connectivity index (χ2v) is 9.61. The highest BCUT2D eigenvalue weighted by molar-refractivity contribution is 6.92. The average Bonchev–Trinajstić information content (AvgIpc) is 2.46. The van der Waals surface area contributed by atoms with E-state index in [-0.39, 0.29) is 0 Å². The Kier molecular flexibility index (Phi) is 4.69. The zero-order chi connectivity index (χ0) is 15.3. The van der Waals surface area contributed by atoms with Crippen molar-refractivity contribution in [1.82, 2.24) is 0 Å². The van der Waals surface area contributed by atoms with Gasteiger partial charge in [-0.05, 0) is 51.2 Å². The Bertz CT molecular complexity index is 661. The summed E-state index contributed by atoms with van der Waals surface area (Å²) in [6.07, 6.45) is 0. The van der Waals surface area contributed by atoms with Gasteiger partial charge in [-0.25, -0.2) is 0 Å². The van der Waals surface area contributed by atoms with Crippen LogP contribution in [0.5, 0.6) is 0 Å². The van der Waals surface area contributed by atoms with Crippen molar-refractivity contribution >= 4 is 8.07 Å². The van der Waals surface area contributed by atoms with Gasteiger partial charge in [0.15, 0.2) is 0 Å². The Hall–Kier alpha value is -2.22. The topological polar surface area (TPSA) is 0 Å². The lowest BCUT2D eigenvalue weighted by Crippen LogP contribution is -2.21. The van der Waals surface area contributed by atoms with Crippen LogP contribution in [0.3, 0.4) is 0 Å².